The van der Waals surface area contributed by atoms with Crippen LogP contribution in [0.2, 0.25) is 0 Å². The van der Waals surface area contributed by atoms with Crippen molar-refractivity contribution in [3.05, 3.63) is 35.5 Å². The number of anilines is 2. The highest BCUT2D eigenvalue weighted by atomic mass is 16.3. The fraction of sp³-hybridized carbons (Fsp3) is 0.500. The van der Waals surface area contributed by atoms with Crippen LogP contribution in [0.5, 0.6) is 0 Å². The van der Waals surface area contributed by atoms with Gasteiger partial charge in [-0.1, -0.05) is 13.3 Å². The van der Waals surface area contributed by atoms with Crippen LogP contribution in [0.15, 0.2) is 22.9 Å². The van der Waals surface area contributed by atoms with Crippen LogP contribution >= 0.6 is 0 Å². The van der Waals surface area contributed by atoms with Gasteiger partial charge in [-0.25, -0.2) is 9.97 Å². The number of rotatable bonds is 7. The minimum Gasteiger partial charge on any atom is -0.464 e. The average molecular weight is 288 g/mol. The minimum atomic E-state index is 0.0682. The Kier molecular flexibility index (Phi) is 5.20. The van der Waals surface area contributed by atoms with Crippen molar-refractivity contribution in [3.63, 3.8) is 0 Å². The van der Waals surface area contributed by atoms with Crippen molar-refractivity contribution in [3.8, 4) is 0 Å². The lowest BCUT2D eigenvalue weighted by Gasteiger charge is -2.17. The Morgan fingerprint density at radius 1 is 1.19 bits per heavy atom. The van der Waals surface area contributed by atoms with Gasteiger partial charge >= 0.3 is 0 Å². The molecule has 2 aromatic heterocycles. The van der Waals surface area contributed by atoms with Crippen LogP contribution in [0.4, 0.5) is 11.6 Å². The number of furan rings is 1. The molecule has 2 rings (SSSR count). The fourth-order valence-electron chi connectivity index (χ4n) is 2.31. The summed E-state index contributed by atoms with van der Waals surface area (Å²) in [5, 5.41) is 6.74. The van der Waals surface area contributed by atoms with Crippen LogP contribution in [-0.2, 0) is 6.42 Å². The molecule has 5 nitrogen and oxygen atoms in total. The van der Waals surface area contributed by atoms with Crippen LogP contribution < -0.4 is 10.6 Å². The number of hydrogen-bond acceptors (Lipinski definition) is 5. The molecule has 2 aromatic rings. The first-order valence-corrected chi connectivity index (χ1v) is 7.56. The molecule has 0 amide bonds. The maximum absolute atomic E-state index is 5.67. The van der Waals surface area contributed by atoms with Gasteiger partial charge in [0, 0.05) is 12.1 Å². The molecule has 21 heavy (non-hydrogen) atoms. The molecule has 5 heteroatoms. The van der Waals surface area contributed by atoms with Crippen molar-refractivity contribution >= 4 is 11.6 Å². The normalized spacial score (nSPS) is 12.2. The summed E-state index contributed by atoms with van der Waals surface area (Å²) in [6.07, 6.45) is 3.59. The third kappa shape index (κ3) is 3.74. The number of hydrogen-bond donors (Lipinski definition) is 2. The van der Waals surface area contributed by atoms with Crippen LogP contribution in [0, 0.1) is 6.92 Å². The van der Waals surface area contributed by atoms with E-state index in [1.807, 2.05) is 19.1 Å². The minimum absolute atomic E-state index is 0.0682. The van der Waals surface area contributed by atoms with Gasteiger partial charge in [-0.3, -0.25) is 0 Å². The summed E-state index contributed by atoms with van der Waals surface area (Å²) >= 11 is 0. The molecule has 2 heterocycles. The first-order chi connectivity index (χ1) is 10.2. The van der Waals surface area contributed by atoms with Crippen LogP contribution in [-0.4, -0.2) is 16.5 Å². The molecule has 0 bridgehead atoms. The summed E-state index contributed by atoms with van der Waals surface area (Å²) < 4.78 is 5.67. The molecular formula is C16H24N4O. The van der Waals surface area contributed by atoms with Crippen LogP contribution in [0.3, 0.4) is 0 Å². The average Bonchev–Trinajstić information content (AvgIpc) is 2.89. The molecule has 0 aliphatic carbocycles. The summed E-state index contributed by atoms with van der Waals surface area (Å²) in [5.74, 6) is 3.63. The van der Waals surface area contributed by atoms with Gasteiger partial charge in [-0.15, -0.1) is 0 Å². The zero-order chi connectivity index (χ0) is 15.2. The van der Waals surface area contributed by atoms with Crippen molar-refractivity contribution in [1.82, 2.24) is 9.97 Å². The van der Waals surface area contributed by atoms with Gasteiger partial charge in [0.05, 0.1) is 6.04 Å². The highest BCUT2D eigenvalue weighted by Gasteiger charge is 2.15. The monoisotopic (exact) mass is 288 g/mol. The second-order valence-corrected chi connectivity index (χ2v) is 5.14. The molecule has 0 radical (unpaired) electrons. The lowest BCUT2D eigenvalue weighted by molar-refractivity contribution is 0.466. The number of aryl methyl sites for hydroxylation is 1. The highest BCUT2D eigenvalue weighted by molar-refractivity contribution is 5.58. The second kappa shape index (κ2) is 7.11. The summed E-state index contributed by atoms with van der Waals surface area (Å²) in [4.78, 5) is 8.75. The zero-order valence-electron chi connectivity index (χ0n) is 13.2. The molecule has 0 aromatic carbocycles. The summed E-state index contributed by atoms with van der Waals surface area (Å²) in [6.45, 7) is 9.10. The van der Waals surface area contributed by atoms with Crippen molar-refractivity contribution < 1.29 is 4.42 Å². The van der Waals surface area contributed by atoms with E-state index in [0.29, 0.717) is 0 Å². The van der Waals surface area contributed by atoms with E-state index in [1.54, 1.807) is 6.33 Å². The molecule has 1 atom stereocenters. The fourth-order valence-corrected chi connectivity index (χ4v) is 2.31. The Hall–Kier alpha value is -2.04. The van der Waals surface area contributed by atoms with Crippen molar-refractivity contribution in [2.45, 2.75) is 46.6 Å². The van der Waals surface area contributed by atoms with Crippen molar-refractivity contribution in [2.75, 3.05) is 17.2 Å². The third-order valence-corrected chi connectivity index (χ3v) is 3.33. The van der Waals surface area contributed by atoms with Gasteiger partial charge in [-0.05, 0) is 39.3 Å². The maximum atomic E-state index is 5.67. The quantitative estimate of drug-likeness (QED) is 0.808. The lowest BCUT2D eigenvalue weighted by atomic mass is 10.1. The molecule has 0 saturated carbocycles. The lowest BCUT2D eigenvalue weighted by Crippen LogP contribution is -2.12. The molecule has 0 aliphatic heterocycles. The van der Waals surface area contributed by atoms with Crippen molar-refractivity contribution in [2.24, 2.45) is 0 Å². The van der Waals surface area contributed by atoms with E-state index in [2.05, 4.69) is 41.4 Å². The number of nitrogens with zero attached hydrogens (tertiary/aromatic N) is 2. The first kappa shape index (κ1) is 15.4. The Morgan fingerprint density at radius 3 is 2.57 bits per heavy atom. The number of aromatic nitrogens is 2. The van der Waals surface area contributed by atoms with Gasteiger partial charge in [0.15, 0.2) is 0 Å². The standard InChI is InChI=1S/C16H24N4O/c1-5-7-13-15(17-6-2)18-10-19-16(13)20-12(4)14-9-8-11(3)21-14/h8-10,12H,5-7H2,1-4H3,(H2,17,18,19,20). The van der Waals surface area contributed by atoms with Crippen molar-refractivity contribution in [1.29, 1.82) is 0 Å². The molecule has 1 unspecified atom stereocenters. The van der Waals surface area contributed by atoms with Crippen LogP contribution in [0.25, 0.3) is 0 Å². The van der Waals surface area contributed by atoms with E-state index in [-0.39, 0.29) is 6.04 Å². The van der Waals surface area contributed by atoms with E-state index in [9.17, 15) is 0 Å². The summed E-state index contributed by atoms with van der Waals surface area (Å²) in [5.41, 5.74) is 1.14. The molecule has 0 saturated heterocycles. The summed E-state index contributed by atoms with van der Waals surface area (Å²) in [7, 11) is 0. The topological polar surface area (TPSA) is 63.0 Å². The van der Waals surface area contributed by atoms with E-state index in [1.165, 1.54) is 0 Å². The van der Waals surface area contributed by atoms with E-state index < -0.39 is 0 Å². The molecular weight excluding hydrogens is 264 g/mol. The molecule has 114 valence electrons. The van der Waals surface area contributed by atoms with Gasteiger partial charge in [0.2, 0.25) is 0 Å². The maximum Gasteiger partial charge on any atom is 0.135 e. The Bertz CT molecular complexity index is 579. The molecule has 2 N–H and O–H groups in total. The van der Waals surface area contributed by atoms with Gasteiger partial charge in [0.25, 0.3) is 0 Å². The van der Waals surface area contributed by atoms with E-state index >= 15 is 0 Å². The molecule has 0 fully saturated rings. The Morgan fingerprint density at radius 2 is 1.95 bits per heavy atom. The highest BCUT2D eigenvalue weighted by Crippen LogP contribution is 2.26. The summed E-state index contributed by atoms with van der Waals surface area (Å²) in [6, 6.07) is 4.04. The van der Waals surface area contributed by atoms with E-state index in [4.69, 9.17) is 4.42 Å². The zero-order valence-corrected chi connectivity index (χ0v) is 13.2. The van der Waals surface area contributed by atoms with Gasteiger partial charge in [0.1, 0.15) is 29.5 Å². The second-order valence-electron chi connectivity index (χ2n) is 5.14. The first-order valence-electron chi connectivity index (χ1n) is 7.56. The predicted molar refractivity (Wildman–Crippen MR) is 85.7 cm³/mol. The molecule has 0 aliphatic rings. The van der Waals surface area contributed by atoms with Gasteiger partial charge in [-0.2, -0.15) is 0 Å². The smallest absolute Gasteiger partial charge is 0.135 e. The predicted octanol–water partition coefficient (Wildman–Crippen LogP) is 3.94. The SMILES string of the molecule is CCCc1c(NCC)ncnc1NC(C)c1ccc(C)o1. The Labute approximate surface area is 126 Å². The van der Waals surface area contributed by atoms with Crippen LogP contribution in [0.1, 0.15) is 50.3 Å². The third-order valence-electron chi connectivity index (χ3n) is 3.33. The number of nitrogens with one attached hydrogen (secondary N) is 2. The van der Waals surface area contributed by atoms with E-state index in [0.717, 1.165) is 48.1 Å². The Balaban J connectivity index is 2.23. The van der Waals surface area contributed by atoms with Gasteiger partial charge < -0.3 is 15.1 Å². The largest absolute Gasteiger partial charge is 0.464 e. The molecule has 0 spiro atoms.